The molecule has 0 aliphatic carbocycles. The second-order valence-electron chi connectivity index (χ2n) is 8.59. The van der Waals surface area contributed by atoms with Crippen molar-refractivity contribution in [3.63, 3.8) is 0 Å². The van der Waals surface area contributed by atoms with Crippen molar-refractivity contribution < 1.29 is 0 Å². The molecule has 2 aromatic rings. The molecule has 0 spiro atoms. The Bertz CT molecular complexity index is 596. The highest BCUT2D eigenvalue weighted by Gasteiger charge is 2.49. The molecule has 0 aliphatic rings. The van der Waals surface area contributed by atoms with Gasteiger partial charge in [0.15, 0.2) is 0 Å². The van der Waals surface area contributed by atoms with Crippen LogP contribution >= 0.6 is 0 Å². The first-order chi connectivity index (χ1) is 12.7. The monoisotopic (exact) mass is 366 g/mol. The van der Waals surface area contributed by atoms with Crippen LogP contribution in [-0.2, 0) is 5.66 Å². The van der Waals surface area contributed by atoms with Crippen molar-refractivity contribution in [1.82, 2.24) is 9.80 Å². The molecular weight excluding hydrogens is 328 g/mol. The molecule has 2 heteroatoms. The van der Waals surface area contributed by atoms with E-state index in [1.54, 1.807) is 0 Å². The maximum absolute atomic E-state index is 2.68. The minimum absolute atomic E-state index is 0.326. The summed E-state index contributed by atoms with van der Waals surface area (Å²) in [6.07, 6.45) is 0. The molecule has 0 unspecified atom stereocenters. The predicted octanol–water partition coefficient (Wildman–Crippen LogP) is 6.13. The summed E-state index contributed by atoms with van der Waals surface area (Å²) in [5.41, 5.74) is 2.34. The number of nitrogens with zero attached hydrogens (tertiary/aromatic N) is 2. The molecule has 148 valence electrons. The summed E-state index contributed by atoms with van der Waals surface area (Å²) in [5, 5.41) is 0. The third-order valence-corrected chi connectivity index (χ3v) is 5.33. The molecule has 0 saturated carbocycles. The summed E-state index contributed by atoms with van der Waals surface area (Å²) in [6, 6.07) is 23.7. The van der Waals surface area contributed by atoms with E-state index in [1.807, 2.05) is 0 Å². The highest BCUT2D eigenvalue weighted by molar-refractivity contribution is 5.39. The van der Waals surface area contributed by atoms with Gasteiger partial charge in [0, 0.05) is 24.2 Å². The van der Waals surface area contributed by atoms with Gasteiger partial charge in [-0.1, -0.05) is 60.7 Å². The van der Waals surface area contributed by atoms with Gasteiger partial charge in [-0.05, 0) is 66.5 Å². The smallest absolute Gasteiger partial charge is 0.127 e. The van der Waals surface area contributed by atoms with E-state index in [1.165, 1.54) is 11.1 Å². The minimum atomic E-state index is -0.326. The van der Waals surface area contributed by atoms with Crippen molar-refractivity contribution in [2.45, 2.75) is 85.2 Å². The Morgan fingerprint density at radius 2 is 0.741 bits per heavy atom. The minimum Gasteiger partial charge on any atom is -0.273 e. The summed E-state index contributed by atoms with van der Waals surface area (Å²) in [4.78, 5) is 5.36. The van der Waals surface area contributed by atoms with E-state index in [0.717, 1.165) is 0 Å². The van der Waals surface area contributed by atoms with Crippen LogP contribution < -0.4 is 0 Å². The van der Waals surface area contributed by atoms with Gasteiger partial charge in [-0.3, -0.25) is 9.80 Å². The molecule has 0 aromatic heterocycles. The van der Waals surface area contributed by atoms with Gasteiger partial charge >= 0.3 is 0 Å². The summed E-state index contributed by atoms with van der Waals surface area (Å²) in [6.45, 7) is 18.6. The molecule has 2 aromatic carbocycles. The zero-order chi connectivity index (χ0) is 20.2. The SMILES string of the molecule is CC(C)N(C(C)C)C(c1ccccc1)(c1ccccc1)N(C(C)C)C(C)C. The normalized spacial score (nSPS) is 13.0. The standard InChI is InChI=1S/C25H38N2/c1-19(2)26(20(3)4)25(23-15-11-9-12-16-23,24-17-13-10-14-18-24)27(21(5)6)22(7)8/h9-22H,1-8H3. The maximum Gasteiger partial charge on any atom is 0.127 e. The highest BCUT2D eigenvalue weighted by Crippen LogP contribution is 2.44. The number of rotatable bonds is 8. The van der Waals surface area contributed by atoms with Gasteiger partial charge in [-0.15, -0.1) is 0 Å². The van der Waals surface area contributed by atoms with Crippen molar-refractivity contribution in [2.75, 3.05) is 0 Å². The van der Waals surface area contributed by atoms with Crippen molar-refractivity contribution in [3.05, 3.63) is 71.8 Å². The van der Waals surface area contributed by atoms with Crippen molar-refractivity contribution >= 4 is 0 Å². The van der Waals surface area contributed by atoms with Gasteiger partial charge in [0.1, 0.15) is 5.66 Å². The van der Waals surface area contributed by atoms with E-state index in [-0.39, 0.29) is 5.66 Å². The van der Waals surface area contributed by atoms with E-state index in [9.17, 15) is 0 Å². The molecule has 0 amide bonds. The molecule has 27 heavy (non-hydrogen) atoms. The lowest BCUT2D eigenvalue weighted by molar-refractivity contribution is -0.101. The number of benzene rings is 2. The van der Waals surface area contributed by atoms with Crippen LogP contribution in [-0.4, -0.2) is 34.0 Å². The quantitative estimate of drug-likeness (QED) is 0.519. The fraction of sp³-hybridized carbons (Fsp3) is 0.520. The van der Waals surface area contributed by atoms with Crippen LogP contribution in [0.4, 0.5) is 0 Å². The first-order valence-electron chi connectivity index (χ1n) is 10.4. The third-order valence-electron chi connectivity index (χ3n) is 5.33. The predicted molar refractivity (Wildman–Crippen MR) is 118 cm³/mol. The molecule has 0 bridgehead atoms. The lowest BCUT2D eigenvalue weighted by atomic mass is 9.83. The van der Waals surface area contributed by atoms with E-state index < -0.39 is 0 Å². The number of hydrogen-bond donors (Lipinski definition) is 0. The lowest BCUT2D eigenvalue weighted by Crippen LogP contribution is -2.66. The molecule has 0 radical (unpaired) electrons. The summed E-state index contributed by atoms with van der Waals surface area (Å²) in [7, 11) is 0. The van der Waals surface area contributed by atoms with Gasteiger partial charge in [0.2, 0.25) is 0 Å². The Labute approximate surface area is 167 Å². The Kier molecular flexibility index (Phi) is 7.25. The van der Waals surface area contributed by atoms with Gasteiger partial charge in [-0.2, -0.15) is 0 Å². The molecule has 2 nitrogen and oxygen atoms in total. The molecular formula is C25H38N2. The molecule has 0 N–H and O–H groups in total. The fourth-order valence-electron chi connectivity index (χ4n) is 4.92. The second-order valence-corrected chi connectivity index (χ2v) is 8.59. The average molecular weight is 367 g/mol. The molecule has 0 heterocycles. The van der Waals surface area contributed by atoms with Gasteiger partial charge in [0.05, 0.1) is 0 Å². The topological polar surface area (TPSA) is 6.48 Å². The van der Waals surface area contributed by atoms with E-state index in [4.69, 9.17) is 0 Å². The molecule has 0 atom stereocenters. The Hall–Kier alpha value is -1.64. The fourth-order valence-corrected chi connectivity index (χ4v) is 4.92. The Balaban J connectivity index is 2.97. The van der Waals surface area contributed by atoms with Crippen LogP contribution in [0.1, 0.15) is 66.5 Å². The Morgan fingerprint density at radius 3 is 0.963 bits per heavy atom. The van der Waals surface area contributed by atoms with Crippen LogP contribution in [0.15, 0.2) is 60.7 Å². The van der Waals surface area contributed by atoms with Gasteiger partial charge < -0.3 is 0 Å². The summed E-state index contributed by atoms with van der Waals surface area (Å²) >= 11 is 0. The summed E-state index contributed by atoms with van der Waals surface area (Å²) < 4.78 is 0. The van der Waals surface area contributed by atoms with E-state index in [2.05, 4.69) is 126 Å². The van der Waals surface area contributed by atoms with E-state index in [0.29, 0.717) is 24.2 Å². The third kappa shape index (κ3) is 4.12. The van der Waals surface area contributed by atoms with Crippen molar-refractivity contribution in [1.29, 1.82) is 0 Å². The van der Waals surface area contributed by atoms with Crippen molar-refractivity contribution in [2.24, 2.45) is 0 Å². The van der Waals surface area contributed by atoms with Crippen LogP contribution in [0.25, 0.3) is 0 Å². The largest absolute Gasteiger partial charge is 0.273 e. The summed E-state index contributed by atoms with van der Waals surface area (Å²) in [5.74, 6) is 0. The molecule has 2 rings (SSSR count). The second kappa shape index (κ2) is 9.03. The average Bonchev–Trinajstić information content (AvgIpc) is 2.61. The first kappa shape index (κ1) is 21.7. The Morgan fingerprint density at radius 1 is 0.481 bits per heavy atom. The maximum atomic E-state index is 2.68. The molecule has 0 fully saturated rings. The van der Waals surface area contributed by atoms with Crippen LogP contribution in [0.5, 0.6) is 0 Å². The van der Waals surface area contributed by atoms with Crippen molar-refractivity contribution in [3.8, 4) is 0 Å². The van der Waals surface area contributed by atoms with Crippen LogP contribution in [0.3, 0.4) is 0 Å². The highest BCUT2D eigenvalue weighted by atomic mass is 15.4. The first-order valence-corrected chi connectivity index (χ1v) is 10.4. The van der Waals surface area contributed by atoms with Crippen LogP contribution in [0, 0.1) is 0 Å². The van der Waals surface area contributed by atoms with Crippen LogP contribution in [0.2, 0.25) is 0 Å². The zero-order valence-corrected chi connectivity index (χ0v) is 18.5. The zero-order valence-electron chi connectivity index (χ0n) is 18.5. The molecule has 0 aliphatic heterocycles. The van der Waals surface area contributed by atoms with Gasteiger partial charge in [0.25, 0.3) is 0 Å². The molecule has 0 saturated heterocycles. The van der Waals surface area contributed by atoms with E-state index >= 15 is 0 Å². The van der Waals surface area contributed by atoms with Gasteiger partial charge in [-0.25, -0.2) is 0 Å². The number of hydrogen-bond acceptors (Lipinski definition) is 2. The lowest BCUT2D eigenvalue weighted by Gasteiger charge is -2.58.